The topological polar surface area (TPSA) is 77.8 Å². The van der Waals surface area contributed by atoms with Gasteiger partial charge in [0.15, 0.2) is 5.78 Å². The fraction of sp³-hybridized carbons (Fsp3) is 0.364. The first kappa shape index (κ1) is 13.1. The Morgan fingerprint density at radius 1 is 1.12 bits per heavy atom. The Morgan fingerprint density at radius 2 is 1.62 bits per heavy atom. The number of halogens is 1. The Balaban J connectivity index is 3.14. The summed E-state index contributed by atoms with van der Waals surface area (Å²) < 4.78 is 0. The Morgan fingerprint density at radius 3 is 2.06 bits per heavy atom. The van der Waals surface area contributed by atoms with Crippen LogP contribution in [0.3, 0.4) is 0 Å². The molecule has 4 nitrogen and oxygen atoms in total. The predicted molar refractivity (Wildman–Crippen MR) is 59.5 cm³/mol. The SMILES string of the molecule is O=C(c1ccccc1Cl)C(CO)(CO)CO. The van der Waals surface area contributed by atoms with Gasteiger partial charge in [-0.1, -0.05) is 23.7 Å². The van der Waals surface area contributed by atoms with Crippen molar-refractivity contribution in [1.82, 2.24) is 0 Å². The molecule has 0 radical (unpaired) electrons. The molecule has 1 rings (SSSR count). The first-order valence-corrected chi connectivity index (χ1v) is 5.11. The molecule has 0 amide bonds. The second-order valence-corrected chi connectivity index (χ2v) is 3.97. The Kier molecular flexibility index (Phi) is 4.44. The molecule has 0 aliphatic rings. The van der Waals surface area contributed by atoms with Gasteiger partial charge in [-0.25, -0.2) is 0 Å². The quantitative estimate of drug-likeness (QED) is 0.659. The van der Waals surface area contributed by atoms with Gasteiger partial charge in [0, 0.05) is 5.56 Å². The Bertz CT molecular complexity index is 366. The van der Waals surface area contributed by atoms with Gasteiger partial charge in [-0.2, -0.15) is 0 Å². The van der Waals surface area contributed by atoms with Gasteiger partial charge in [-0.15, -0.1) is 0 Å². The molecular formula is C11H13ClO4. The molecule has 0 spiro atoms. The van der Waals surface area contributed by atoms with Gasteiger partial charge < -0.3 is 15.3 Å². The van der Waals surface area contributed by atoms with Crippen molar-refractivity contribution in [2.45, 2.75) is 0 Å². The molecule has 0 saturated carbocycles. The molecule has 16 heavy (non-hydrogen) atoms. The zero-order valence-corrected chi connectivity index (χ0v) is 9.31. The number of aliphatic hydroxyl groups is 3. The summed E-state index contributed by atoms with van der Waals surface area (Å²) in [6, 6.07) is 6.31. The van der Waals surface area contributed by atoms with E-state index in [2.05, 4.69) is 0 Å². The van der Waals surface area contributed by atoms with Crippen molar-refractivity contribution in [3.8, 4) is 0 Å². The molecule has 0 unspecified atom stereocenters. The van der Waals surface area contributed by atoms with Crippen LogP contribution in [0.1, 0.15) is 10.4 Å². The molecule has 3 N–H and O–H groups in total. The van der Waals surface area contributed by atoms with Crippen LogP contribution in [0.15, 0.2) is 24.3 Å². The molecule has 0 fully saturated rings. The number of ketones is 1. The number of carbonyl (C=O) groups is 1. The average molecular weight is 245 g/mol. The van der Waals surface area contributed by atoms with Crippen LogP contribution in [0.5, 0.6) is 0 Å². The summed E-state index contributed by atoms with van der Waals surface area (Å²) in [5.41, 5.74) is -1.40. The van der Waals surface area contributed by atoms with Gasteiger partial charge in [0.25, 0.3) is 0 Å². The highest BCUT2D eigenvalue weighted by Crippen LogP contribution is 2.26. The fourth-order valence-electron chi connectivity index (χ4n) is 1.30. The second kappa shape index (κ2) is 5.41. The van der Waals surface area contributed by atoms with E-state index < -0.39 is 31.0 Å². The van der Waals surface area contributed by atoms with E-state index in [9.17, 15) is 4.79 Å². The van der Waals surface area contributed by atoms with E-state index in [1.54, 1.807) is 12.1 Å². The lowest BCUT2D eigenvalue weighted by Gasteiger charge is -2.25. The van der Waals surface area contributed by atoms with Crippen molar-refractivity contribution >= 4 is 17.4 Å². The highest BCUT2D eigenvalue weighted by Gasteiger charge is 2.38. The largest absolute Gasteiger partial charge is 0.395 e. The smallest absolute Gasteiger partial charge is 0.177 e. The molecule has 0 aromatic heterocycles. The maximum Gasteiger partial charge on any atom is 0.177 e. The summed E-state index contributed by atoms with van der Waals surface area (Å²) in [7, 11) is 0. The van der Waals surface area contributed by atoms with Gasteiger partial charge in [0.05, 0.1) is 24.8 Å². The van der Waals surface area contributed by atoms with E-state index in [1.807, 2.05) is 0 Å². The third-order valence-corrected chi connectivity index (χ3v) is 2.84. The van der Waals surface area contributed by atoms with Crippen LogP contribution in [-0.2, 0) is 0 Å². The van der Waals surface area contributed by atoms with Crippen LogP contribution in [0.25, 0.3) is 0 Å². The van der Waals surface area contributed by atoms with Gasteiger partial charge in [0.2, 0.25) is 0 Å². The third-order valence-electron chi connectivity index (χ3n) is 2.51. The van der Waals surface area contributed by atoms with Crippen molar-refractivity contribution < 1.29 is 20.1 Å². The number of rotatable bonds is 5. The third kappa shape index (κ3) is 2.25. The zero-order chi connectivity index (χ0) is 12.2. The monoisotopic (exact) mass is 244 g/mol. The van der Waals surface area contributed by atoms with E-state index in [-0.39, 0.29) is 10.6 Å². The van der Waals surface area contributed by atoms with E-state index in [0.29, 0.717) is 0 Å². The molecule has 1 aromatic rings. The lowest BCUT2D eigenvalue weighted by Crippen LogP contribution is -2.42. The van der Waals surface area contributed by atoms with Crippen LogP contribution in [0.4, 0.5) is 0 Å². The van der Waals surface area contributed by atoms with Gasteiger partial charge in [-0.3, -0.25) is 4.79 Å². The average Bonchev–Trinajstić information content (AvgIpc) is 2.32. The summed E-state index contributed by atoms with van der Waals surface area (Å²) in [6.45, 7) is -1.90. The van der Waals surface area contributed by atoms with Crippen molar-refractivity contribution in [1.29, 1.82) is 0 Å². The zero-order valence-electron chi connectivity index (χ0n) is 8.56. The van der Waals surface area contributed by atoms with Crippen LogP contribution in [0, 0.1) is 5.41 Å². The van der Waals surface area contributed by atoms with Gasteiger partial charge in [0.1, 0.15) is 5.41 Å². The summed E-state index contributed by atoms with van der Waals surface area (Å²) in [6.07, 6.45) is 0. The molecular weight excluding hydrogens is 232 g/mol. The van der Waals surface area contributed by atoms with E-state index in [1.165, 1.54) is 12.1 Å². The van der Waals surface area contributed by atoms with E-state index in [4.69, 9.17) is 26.9 Å². The number of carbonyl (C=O) groups excluding carboxylic acids is 1. The molecule has 88 valence electrons. The van der Waals surface area contributed by atoms with E-state index >= 15 is 0 Å². The number of benzene rings is 1. The second-order valence-electron chi connectivity index (χ2n) is 3.56. The summed E-state index contributed by atoms with van der Waals surface area (Å²) in [5.74, 6) is -0.564. The summed E-state index contributed by atoms with van der Waals surface area (Å²) in [5, 5.41) is 27.6. The minimum Gasteiger partial charge on any atom is -0.395 e. The molecule has 0 aliphatic carbocycles. The number of hydrogen-bond acceptors (Lipinski definition) is 4. The minimum atomic E-state index is -1.58. The maximum absolute atomic E-state index is 12.0. The Labute approximate surface area is 98.1 Å². The van der Waals surface area contributed by atoms with Crippen LogP contribution in [-0.4, -0.2) is 40.9 Å². The van der Waals surface area contributed by atoms with Gasteiger partial charge in [-0.05, 0) is 12.1 Å². The molecule has 1 aromatic carbocycles. The van der Waals surface area contributed by atoms with Crippen LogP contribution in [0.2, 0.25) is 5.02 Å². The minimum absolute atomic E-state index is 0.182. The van der Waals surface area contributed by atoms with Crippen molar-refractivity contribution in [2.75, 3.05) is 19.8 Å². The van der Waals surface area contributed by atoms with E-state index in [0.717, 1.165) is 0 Å². The highest BCUT2D eigenvalue weighted by molar-refractivity contribution is 6.34. The van der Waals surface area contributed by atoms with Crippen molar-refractivity contribution in [3.05, 3.63) is 34.9 Å². The predicted octanol–water partition coefficient (Wildman–Crippen LogP) is 0.486. The molecule has 5 heteroatoms. The molecule has 0 aliphatic heterocycles. The molecule has 0 saturated heterocycles. The highest BCUT2D eigenvalue weighted by atomic mass is 35.5. The standard InChI is InChI=1S/C11H13ClO4/c12-9-4-2-1-3-8(9)10(16)11(5-13,6-14)7-15/h1-4,13-15H,5-7H2. The lowest BCUT2D eigenvalue weighted by molar-refractivity contribution is 0.0127. The van der Waals surface area contributed by atoms with Crippen molar-refractivity contribution in [3.63, 3.8) is 0 Å². The normalized spacial score (nSPS) is 11.5. The first-order valence-electron chi connectivity index (χ1n) is 4.73. The number of aliphatic hydroxyl groups excluding tert-OH is 3. The molecule has 0 bridgehead atoms. The number of Topliss-reactive ketones (excluding diaryl/α,β-unsaturated/α-hetero) is 1. The summed E-state index contributed by atoms with van der Waals surface area (Å²) >= 11 is 5.83. The maximum atomic E-state index is 12.0. The molecule has 0 atom stereocenters. The first-order chi connectivity index (χ1) is 7.61. The Hall–Kier alpha value is -0.940. The van der Waals surface area contributed by atoms with Crippen LogP contribution >= 0.6 is 11.6 Å². The van der Waals surface area contributed by atoms with Crippen molar-refractivity contribution in [2.24, 2.45) is 5.41 Å². The molecule has 0 heterocycles. The lowest BCUT2D eigenvalue weighted by atomic mass is 9.82. The fourth-order valence-corrected chi connectivity index (χ4v) is 1.52. The van der Waals surface area contributed by atoms with Crippen LogP contribution < -0.4 is 0 Å². The van der Waals surface area contributed by atoms with Gasteiger partial charge >= 0.3 is 0 Å². The summed E-state index contributed by atoms with van der Waals surface area (Å²) in [4.78, 5) is 12.0. The number of hydrogen-bond donors (Lipinski definition) is 3.